The fourth-order valence-corrected chi connectivity index (χ4v) is 2.92. The topological polar surface area (TPSA) is 98.0 Å². The fraction of sp³-hybridized carbons (Fsp3) is 0.0556. The third-order valence-electron chi connectivity index (χ3n) is 3.43. The quantitative estimate of drug-likeness (QED) is 0.403. The lowest BCUT2D eigenvalue weighted by Gasteiger charge is -2.05. The van der Waals surface area contributed by atoms with Crippen molar-refractivity contribution in [3.63, 3.8) is 0 Å². The molecule has 26 heavy (non-hydrogen) atoms. The van der Waals surface area contributed by atoms with Crippen molar-refractivity contribution in [3.8, 4) is 0 Å². The maximum Gasteiger partial charge on any atom is 0.269 e. The van der Waals surface area contributed by atoms with E-state index >= 15 is 0 Å². The number of nitrogens with zero attached hydrogens (tertiary/aromatic N) is 3. The summed E-state index contributed by atoms with van der Waals surface area (Å²) >= 11 is 1.41. The van der Waals surface area contributed by atoms with Crippen LogP contribution in [0.3, 0.4) is 0 Å². The number of non-ortho nitro benzene ring substituents is 1. The van der Waals surface area contributed by atoms with Gasteiger partial charge in [-0.15, -0.1) is 10.2 Å². The second kappa shape index (κ2) is 8.21. The van der Waals surface area contributed by atoms with Crippen LogP contribution < -0.4 is 5.32 Å². The lowest BCUT2D eigenvalue weighted by molar-refractivity contribution is -0.384. The number of aromatic nitrogens is 2. The first kappa shape index (κ1) is 17.6. The number of nitro groups is 1. The molecule has 3 rings (SSSR count). The Morgan fingerprint density at radius 1 is 1.04 bits per heavy atom. The van der Waals surface area contributed by atoms with Crippen LogP contribution in [0.25, 0.3) is 0 Å². The molecule has 0 bridgehead atoms. The van der Waals surface area contributed by atoms with Gasteiger partial charge in [0.1, 0.15) is 5.03 Å². The molecule has 0 aliphatic rings. The van der Waals surface area contributed by atoms with Crippen molar-refractivity contribution in [2.75, 3.05) is 5.32 Å². The molecule has 1 heterocycles. The Morgan fingerprint density at radius 3 is 2.54 bits per heavy atom. The van der Waals surface area contributed by atoms with Crippen LogP contribution in [0.2, 0.25) is 0 Å². The second-order valence-electron chi connectivity index (χ2n) is 5.29. The first-order valence-corrected chi connectivity index (χ1v) is 8.66. The van der Waals surface area contributed by atoms with Crippen molar-refractivity contribution in [1.82, 2.24) is 10.2 Å². The molecule has 0 unspecified atom stereocenters. The molecule has 0 atom stereocenters. The summed E-state index contributed by atoms with van der Waals surface area (Å²) in [5.74, 6) is 0.641. The molecule has 0 saturated heterocycles. The first-order valence-electron chi connectivity index (χ1n) is 7.68. The first-order chi connectivity index (χ1) is 12.6. The number of hydrogen-bond acceptors (Lipinski definition) is 6. The molecule has 3 aromatic rings. The maximum absolute atomic E-state index is 12.1. The van der Waals surface area contributed by atoms with E-state index in [0.717, 1.165) is 5.56 Å². The summed E-state index contributed by atoms with van der Waals surface area (Å²) in [6.07, 6.45) is 0. The number of benzene rings is 2. The minimum atomic E-state index is -0.418. The van der Waals surface area contributed by atoms with Crippen molar-refractivity contribution >= 4 is 29.2 Å². The van der Waals surface area contributed by atoms with E-state index in [-0.39, 0.29) is 11.6 Å². The van der Waals surface area contributed by atoms with Gasteiger partial charge in [0.15, 0.2) is 5.82 Å². The van der Waals surface area contributed by atoms with Crippen molar-refractivity contribution in [1.29, 1.82) is 0 Å². The SMILES string of the molecule is O=C(Nc1ccc(SCc2cccc([N+](=O)[O-])c2)nn1)c1ccccc1. The van der Waals surface area contributed by atoms with Crippen LogP contribution >= 0.6 is 11.8 Å². The number of thioether (sulfide) groups is 1. The average Bonchev–Trinajstić information content (AvgIpc) is 2.68. The normalized spacial score (nSPS) is 10.3. The third kappa shape index (κ3) is 4.64. The van der Waals surface area contributed by atoms with E-state index in [1.165, 1.54) is 23.9 Å². The lowest BCUT2D eigenvalue weighted by Crippen LogP contribution is -2.13. The van der Waals surface area contributed by atoms with Crippen molar-refractivity contribution in [2.45, 2.75) is 10.8 Å². The van der Waals surface area contributed by atoms with E-state index in [0.29, 0.717) is 22.2 Å². The van der Waals surface area contributed by atoms with Gasteiger partial charge in [-0.1, -0.05) is 42.1 Å². The number of rotatable bonds is 6. The largest absolute Gasteiger partial charge is 0.305 e. The number of carbonyl (C=O) groups excluding carboxylic acids is 1. The van der Waals surface area contributed by atoms with Crippen molar-refractivity contribution in [3.05, 3.63) is 88.0 Å². The zero-order valence-corrected chi connectivity index (χ0v) is 14.3. The summed E-state index contributed by atoms with van der Waals surface area (Å²) < 4.78 is 0. The van der Waals surface area contributed by atoms with Crippen LogP contribution in [0.15, 0.2) is 71.8 Å². The molecule has 130 valence electrons. The van der Waals surface area contributed by atoms with Gasteiger partial charge >= 0.3 is 0 Å². The number of hydrogen-bond donors (Lipinski definition) is 1. The molecule has 0 saturated carbocycles. The van der Waals surface area contributed by atoms with Gasteiger partial charge < -0.3 is 5.32 Å². The van der Waals surface area contributed by atoms with Gasteiger partial charge in [-0.3, -0.25) is 14.9 Å². The summed E-state index contributed by atoms with van der Waals surface area (Å²) in [5.41, 5.74) is 1.43. The smallest absolute Gasteiger partial charge is 0.269 e. The van der Waals surface area contributed by atoms with E-state index < -0.39 is 4.92 Å². The van der Waals surface area contributed by atoms with E-state index in [2.05, 4.69) is 15.5 Å². The Balaban J connectivity index is 1.59. The van der Waals surface area contributed by atoms with Crippen LogP contribution in [0.4, 0.5) is 11.5 Å². The number of carbonyl (C=O) groups is 1. The molecular formula is C18H14N4O3S. The Labute approximate surface area is 153 Å². The summed E-state index contributed by atoms with van der Waals surface area (Å²) in [6, 6.07) is 18.7. The van der Waals surface area contributed by atoms with Crippen LogP contribution in [0, 0.1) is 10.1 Å². The summed E-state index contributed by atoms with van der Waals surface area (Å²) in [5, 5.41) is 22.2. The molecule has 0 radical (unpaired) electrons. The summed E-state index contributed by atoms with van der Waals surface area (Å²) in [6.45, 7) is 0. The Bertz CT molecular complexity index is 917. The molecule has 7 nitrogen and oxygen atoms in total. The van der Waals surface area contributed by atoms with Crippen LogP contribution in [0.5, 0.6) is 0 Å². The number of amides is 1. The lowest BCUT2D eigenvalue weighted by atomic mass is 10.2. The molecule has 1 amide bonds. The Hall–Kier alpha value is -3.26. The van der Waals surface area contributed by atoms with Crippen LogP contribution in [-0.4, -0.2) is 21.0 Å². The van der Waals surface area contributed by atoms with Crippen molar-refractivity contribution < 1.29 is 9.72 Å². The highest BCUT2D eigenvalue weighted by Crippen LogP contribution is 2.23. The number of anilines is 1. The minimum Gasteiger partial charge on any atom is -0.305 e. The van der Waals surface area contributed by atoms with E-state index in [1.807, 2.05) is 12.1 Å². The third-order valence-corrected chi connectivity index (χ3v) is 4.42. The number of nitrogens with one attached hydrogen (secondary N) is 1. The Morgan fingerprint density at radius 2 is 1.85 bits per heavy atom. The fourth-order valence-electron chi connectivity index (χ4n) is 2.16. The summed E-state index contributed by atoms with van der Waals surface area (Å²) in [7, 11) is 0. The molecule has 2 aromatic carbocycles. The molecule has 0 aliphatic carbocycles. The molecule has 8 heteroatoms. The predicted octanol–water partition coefficient (Wildman–Crippen LogP) is 3.93. The second-order valence-corrected chi connectivity index (χ2v) is 6.29. The van der Waals surface area contributed by atoms with Crippen LogP contribution in [0.1, 0.15) is 15.9 Å². The molecule has 0 fully saturated rings. The highest BCUT2D eigenvalue weighted by Gasteiger charge is 2.08. The zero-order valence-electron chi connectivity index (χ0n) is 13.5. The zero-order chi connectivity index (χ0) is 18.4. The van der Waals surface area contributed by atoms with Crippen molar-refractivity contribution in [2.24, 2.45) is 0 Å². The van der Waals surface area contributed by atoms with Gasteiger partial charge in [-0.2, -0.15) is 0 Å². The minimum absolute atomic E-state index is 0.0631. The Kier molecular flexibility index (Phi) is 5.55. The van der Waals surface area contributed by atoms with Gasteiger partial charge in [0.05, 0.1) is 4.92 Å². The molecule has 1 N–H and O–H groups in total. The van der Waals surface area contributed by atoms with E-state index in [4.69, 9.17) is 0 Å². The van der Waals surface area contributed by atoms with E-state index in [1.54, 1.807) is 42.5 Å². The highest BCUT2D eigenvalue weighted by atomic mass is 32.2. The van der Waals surface area contributed by atoms with Crippen LogP contribution in [-0.2, 0) is 5.75 Å². The van der Waals surface area contributed by atoms with Gasteiger partial charge in [0.25, 0.3) is 11.6 Å². The van der Waals surface area contributed by atoms with Gasteiger partial charge in [-0.05, 0) is 29.8 Å². The molecule has 0 spiro atoms. The average molecular weight is 366 g/mol. The molecular weight excluding hydrogens is 352 g/mol. The van der Waals surface area contributed by atoms with Gasteiger partial charge in [-0.25, -0.2) is 0 Å². The predicted molar refractivity (Wildman–Crippen MR) is 99.1 cm³/mol. The van der Waals surface area contributed by atoms with E-state index in [9.17, 15) is 14.9 Å². The highest BCUT2D eigenvalue weighted by molar-refractivity contribution is 7.98. The molecule has 0 aliphatic heterocycles. The number of nitro benzene ring substituents is 1. The monoisotopic (exact) mass is 366 g/mol. The molecule has 1 aromatic heterocycles. The van der Waals surface area contributed by atoms with Gasteiger partial charge in [0.2, 0.25) is 0 Å². The standard InChI is InChI=1S/C18H14N4O3S/c23-18(14-6-2-1-3-7-14)19-16-9-10-17(21-20-16)26-12-13-5-4-8-15(11-13)22(24)25/h1-11H,12H2,(H,19,20,23). The van der Waals surface area contributed by atoms with Gasteiger partial charge in [0, 0.05) is 23.4 Å². The maximum atomic E-state index is 12.1. The summed E-state index contributed by atoms with van der Waals surface area (Å²) in [4.78, 5) is 22.4.